The number of carbonyl (C=O) groups is 1. The second kappa shape index (κ2) is 10.2. The third-order valence-electron chi connectivity index (χ3n) is 4.37. The highest BCUT2D eigenvalue weighted by Gasteiger charge is 2.32. The number of pyridine rings is 1. The molecule has 1 heterocycles. The Hall–Kier alpha value is -2.88. The van der Waals surface area contributed by atoms with Gasteiger partial charge in [0.25, 0.3) is 0 Å². The van der Waals surface area contributed by atoms with E-state index in [4.69, 9.17) is 0 Å². The summed E-state index contributed by atoms with van der Waals surface area (Å²) in [5.74, 6) is -0.327. The summed E-state index contributed by atoms with van der Waals surface area (Å²) in [6, 6.07) is 7.26. The summed E-state index contributed by atoms with van der Waals surface area (Å²) in [4.78, 5) is 15.9. The third-order valence-corrected chi connectivity index (χ3v) is 4.96. The van der Waals surface area contributed by atoms with Gasteiger partial charge in [-0.1, -0.05) is 32.0 Å². The van der Waals surface area contributed by atoms with Crippen molar-refractivity contribution in [2.24, 2.45) is 5.92 Å². The molecule has 10 heteroatoms. The van der Waals surface area contributed by atoms with Crippen LogP contribution in [0.25, 0.3) is 6.08 Å². The molecule has 6 nitrogen and oxygen atoms in total. The Bertz CT molecular complexity index is 1110. The molecular weight excluding hydrogens is 443 g/mol. The minimum Gasteiger partial charge on any atom is -0.348 e. The van der Waals surface area contributed by atoms with Gasteiger partial charge in [-0.15, -0.1) is 0 Å². The van der Waals surface area contributed by atoms with Crippen LogP contribution >= 0.6 is 0 Å². The van der Waals surface area contributed by atoms with E-state index in [2.05, 4.69) is 15.0 Å². The van der Waals surface area contributed by atoms with E-state index < -0.39 is 27.8 Å². The molecule has 0 atom stereocenters. The van der Waals surface area contributed by atoms with Crippen molar-refractivity contribution in [3.8, 4) is 0 Å². The van der Waals surface area contributed by atoms with Crippen molar-refractivity contribution in [3.63, 3.8) is 0 Å². The van der Waals surface area contributed by atoms with Crippen LogP contribution in [-0.2, 0) is 34.0 Å². The van der Waals surface area contributed by atoms with Gasteiger partial charge in [-0.05, 0) is 54.2 Å². The Labute approximate surface area is 186 Å². The smallest absolute Gasteiger partial charge is 0.348 e. The fourth-order valence-corrected chi connectivity index (χ4v) is 3.56. The summed E-state index contributed by atoms with van der Waals surface area (Å²) in [7, 11) is -3.39. The lowest BCUT2D eigenvalue weighted by Gasteiger charge is -2.12. The van der Waals surface area contributed by atoms with Gasteiger partial charge >= 0.3 is 6.18 Å². The van der Waals surface area contributed by atoms with Crippen LogP contribution in [0.5, 0.6) is 0 Å². The number of rotatable bonds is 8. The number of halogens is 3. The van der Waals surface area contributed by atoms with E-state index in [1.807, 2.05) is 13.8 Å². The van der Waals surface area contributed by atoms with E-state index in [1.165, 1.54) is 18.2 Å². The lowest BCUT2D eigenvalue weighted by atomic mass is 10.0. The fraction of sp³-hybridized carbons (Fsp3) is 0.364. The highest BCUT2D eigenvalue weighted by molar-refractivity contribution is 7.92. The fourth-order valence-electron chi connectivity index (χ4n) is 2.94. The molecule has 1 aromatic heterocycles. The number of nitrogens with one attached hydrogen (secondary N) is 2. The normalized spacial score (nSPS) is 12.4. The zero-order valence-corrected chi connectivity index (χ0v) is 19.1. The maximum absolute atomic E-state index is 13.0. The molecule has 174 valence electrons. The Morgan fingerprint density at radius 1 is 1.19 bits per heavy atom. The van der Waals surface area contributed by atoms with Gasteiger partial charge in [-0.25, -0.2) is 13.4 Å². The zero-order valence-electron chi connectivity index (χ0n) is 18.2. The first kappa shape index (κ1) is 25.4. The van der Waals surface area contributed by atoms with Crippen LogP contribution in [0.1, 0.15) is 41.9 Å². The van der Waals surface area contributed by atoms with Crippen molar-refractivity contribution in [2.75, 3.05) is 11.0 Å². The summed E-state index contributed by atoms with van der Waals surface area (Å²) in [5, 5.41) is 2.70. The van der Waals surface area contributed by atoms with Crippen LogP contribution in [0.15, 0.2) is 36.4 Å². The van der Waals surface area contributed by atoms with Gasteiger partial charge < -0.3 is 5.32 Å². The van der Waals surface area contributed by atoms with Crippen LogP contribution in [0, 0.1) is 12.8 Å². The number of hydrogen-bond donors (Lipinski definition) is 2. The molecule has 0 unspecified atom stereocenters. The molecular formula is C22H26F3N3O3S. The molecule has 2 rings (SSSR count). The Kier molecular flexibility index (Phi) is 8.06. The average molecular weight is 470 g/mol. The van der Waals surface area contributed by atoms with Crippen molar-refractivity contribution in [1.29, 1.82) is 0 Å². The second-order valence-electron chi connectivity index (χ2n) is 7.90. The van der Waals surface area contributed by atoms with Crippen molar-refractivity contribution in [2.45, 2.75) is 39.9 Å². The predicted octanol–water partition coefficient (Wildman–Crippen LogP) is 4.31. The zero-order chi connectivity index (χ0) is 24.1. The largest absolute Gasteiger partial charge is 0.433 e. The summed E-state index contributed by atoms with van der Waals surface area (Å²) >= 11 is 0. The topological polar surface area (TPSA) is 88.2 Å². The van der Waals surface area contributed by atoms with Crippen LogP contribution in [0.3, 0.4) is 0 Å². The molecule has 0 spiro atoms. The Balaban J connectivity index is 2.08. The van der Waals surface area contributed by atoms with Crippen molar-refractivity contribution in [1.82, 2.24) is 10.3 Å². The summed E-state index contributed by atoms with van der Waals surface area (Å²) in [6.07, 6.45) is -0.426. The molecule has 0 aliphatic heterocycles. The van der Waals surface area contributed by atoms with Gasteiger partial charge in [0, 0.05) is 18.3 Å². The third kappa shape index (κ3) is 7.99. The second-order valence-corrected chi connectivity index (χ2v) is 9.65. The number of aryl methyl sites for hydroxylation is 1. The van der Waals surface area contributed by atoms with Crippen LogP contribution < -0.4 is 10.0 Å². The molecule has 0 fully saturated rings. The van der Waals surface area contributed by atoms with Crippen molar-refractivity contribution >= 4 is 27.7 Å². The Morgan fingerprint density at radius 3 is 2.44 bits per heavy atom. The molecule has 2 aromatic rings. The highest BCUT2D eigenvalue weighted by atomic mass is 32.2. The van der Waals surface area contributed by atoms with E-state index in [1.54, 1.807) is 25.1 Å². The van der Waals surface area contributed by atoms with Crippen molar-refractivity contribution in [3.05, 3.63) is 64.5 Å². The number of alkyl halides is 3. The van der Waals surface area contributed by atoms with Gasteiger partial charge in [0.2, 0.25) is 15.9 Å². The molecule has 2 N–H and O–H groups in total. The lowest BCUT2D eigenvalue weighted by molar-refractivity contribution is -0.141. The number of amides is 1. The minimum absolute atomic E-state index is 0.0929. The number of anilines is 1. The quantitative estimate of drug-likeness (QED) is 0.564. The SMILES string of the molecule is Cc1cc(CNC(=O)C=Cc2ccc(C(F)(F)F)nc2CC(C)C)ccc1NS(C)(=O)=O. The lowest BCUT2D eigenvalue weighted by Crippen LogP contribution is -2.20. The molecule has 0 aliphatic carbocycles. The first-order chi connectivity index (χ1) is 14.7. The summed E-state index contributed by atoms with van der Waals surface area (Å²) in [6.45, 7) is 5.70. The molecule has 1 amide bonds. The maximum atomic E-state index is 13.0. The maximum Gasteiger partial charge on any atom is 0.433 e. The first-order valence-corrected chi connectivity index (χ1v) is 11.7. The molecule has 1 aromatic carbocycles. The van der Waals surface area contributed by atoms with E-state index >= 15 is 0 Å². The van der Waals surface area contributed by atoms with Gasteiger partial charge in [0.05, 0.1) is 11.9 Å². The molecule has 0 radical (unpaired) electrons. The number of sulfonamides is 1. The van der Waals surface area contributed by atoms with E-state index in [0.717, 1.165) is 17.9 Å². The van der Waals surface area contributed by atoms with Gasteiger partial charge in [-0.3, -0.25) is 9.52 Å². The van der Waals surface area contributed by atoms with E-state index in [-0.39, 0.29) is 18.2 Å². The summed E-state index contributed by atoms with van der Waals surface area (Å²) in [5.41, 5.74) is 1.69. The predicted molar refractivity (Wildman–Crippen MR) is 118 cm³/mol. The number of benzene rings is 1. The molecule has 0 saturated heterocycles. The van der Waals surface area contributed by atoms with Gasteiger partial charge in [0.15, 0.2) is 0 Å². The van der Waals surface area contributed by atoms with Crippen molar-refractivity contribution < 1.29 is 26.4 Å². The van der Waals surface area contributed by atoms with E-state index in [9.17, 15) is 26.4 Å². The van der Waals surface area contributed by atoms with Crippen LogP contribution in [0.2, 0.25) is 0 Å². The number of nitrogens with zero attached hydrogens (tertiary/aromatic N) is 1. The van der Waals surface area contributed by atoms with Gasteiger partial charge in [-0.2, -0.15) is 13.2 Å². The van der Waals surface area contributed by atoms with Crippen LogP contribution in [-0.4, -0.2) is 25.6 Å². The monoisotopic (exact) mass is 469 g/mol. The van der Waals surface area contributed by atoms with E-state index in [0.29, 0.717) is 23.2 Å². The molecule has 0 saturated carbocycles. The molecule has 0 bridgehead atoms. The minimum atomic E-state index is -4.53. The standard InChI is InChI=1S/C22H26F3N3O3S/c1-14(2)11-19-17(6-9-20(27-19)22(23,24)25)7-10-21(29)26-13-16-5-8-18(15(3)12-16)28-32(4,30)31/h5-10,12,14,28H,11,13H2,1-4H3,(H,26,29). The van der Waals surface area contributed by atoms with Crippen LogP contribution in [0.4, 0.5) is 18.9 Å². The first-order valence-electron chi connectivity index (χ1n) is 9.85. The number of hydrogen-bond acceptors (Lipinski definition) is 4. The average Bonchev–Trinajstić information content (AvgIpc) is 2.65. The molecule has 32 heavy (non-hydrogen) atoms. The number of aromatic nitrogens is 1. The summed E-state index contributed by atoms with van der Waals surface area (Å²) < 4.78 is 64.0. The number of carbonyl (C=O) groups excluding carboxylic acids is 1. The Morgan fingerprint density at radius 2 is 1.88 bits per heavy atom. The van der Waals surface area contributed by atoms with Gasteiger partial charge in [0.1, 0.15) is 5.69 Å². The highest BCUT2D eigenvalue weighted by Crippen LogP contribution is 2.29. The molecule has 0 aliphatic rings.